The molecule has 3 aromatic rings. The van der Waals surface area contributed by atoms with Gasteiger partial charge in [0.05, 0.1) is 0 Å². The molecule has 3 heterocycles. The molecule has 110 valence electrons. The van der Waals surface area contributed by atoms with Crippen LogP contribution in [-0.4, -0.2) is 27.0 Å². The zero-order chi connectivity index (χ0) is 15.3. The number of hydrogen-bond acceptors (Lipinski definition) is 3. The minimum Gasteiger partial charge on any atom is -0.349 e. The first kappa shape index (κ1) is 13.0. The van der Waals surface area contributed by atoms with E-state index in [0.717, 1.165) is 40.1 Å². The van der Waals surface area contributed by atoms with Crippen molar-refractivity contribution in [3.05, 3.63) is 47.5 Å². The quantitative estimate of drug-likeness (QED) is 0.749. The molecule has 1 aliphatic rings. The SMILES string of the molecule is Cc1ncc2c(-c3ccccc3C)c3n(c2n1)CCNC3=O. The average Bonchev–Trinajstić information content (AvgIpc) is 2.83. The maximum atomic E-state index is 12.5. The molecule has 0 fully saturated rings. The predicted molar refractivity (Wildman–Crippen MR) is 84.8 cm³/mol. The van der Waals surface area contributed by atoms with Crippen LogP contribution in [0.15, 0.2) is 30.5 Å². The van der Waals surface area contributed by atoms with Crippen LogP contribution in [0.2, 0.25) is 0 Å². The van der Waals surface area contributed by atoms with E-state index in [2.05, 4.69) is 28.3 Å². The second-order valence-corrected chi connectivity index (χ2v) is 5.60. The van der Waals surface area contributed by atoms with Crippen LogP contribution in [0, 0.1) is 13.8 Å². The van der Waals surface area contributed by atoms with Crippen LogP contribution < -0.4 is 5.32 Å². The Hall–Kier alpha value is -2.69. The molecule has 0 bridgehead atoms. The second kappa shape index (κ2) is 4.66. The molecule has 1 aromatic carbocycles. The Morgan fingerprint density at radius 2 is 2.05 bits per heavy atom. The number of aryl methyl sites for hydroxylation is 2. The van der Waals surface area contributed by atoms with E-state index in [1.807, 2.05) is 35.9 Å². The average molecular weight is 292 g/mol. The largest absolute Gasteiger partial charge is 0.349 e. The van der Waals surface area contributed by atoms with E-state index in [9.17, 15) is 4.79 Å². The lowest BCUT2D eigenvalue weighted by atomic mass is 9.98. The van der Waals surface area contributed by atoms with E-state index < -0.39 is 0 Å². The van der Waals surface area contributed by atoms with Gasteiger partial charge in [0.1, 0.15) is 17.2 Å². The summed E-state index contributed by atoms with van der Waals surface area (Å²) in [7, 11) is 0. The van der Waals surface area contributed by atoms with Crippen molar-refractivity contribution < 1.29 is 4.79 Å². The summed E-state index contributed by atoms with van der Waals surface area (Å²) in [5.74, 6) is 0.676. The Labute approximate surface area is 128 Å². The fourth-order valence-electron chi connectivity index (χ4n) is 3.15. The molecule has 1 aliphatic heterocycles. The molecular formula is C17H16N4O. The van der Waals surface area contributed by atoms with Crippen molar-refractivity contribution in [1.82, 2.24) is 19.9 Å². The van der Waals surface area contributed by atoms with E-state index in [4.69, 9.17) is 0 Å². The molecule has 1 amide bonds. The number of nitrogens with one attached hydrogen (secondary N) is 1. The molecule has 0 aliphatic carbocycles. The molecule has 0 saturated carbocycles. The molecule has 0 spiro atoms. The highest BCUT2D eigenvalue weighted by molar-refractivity contribution is 6.10. The number of amides is 1. The van der Waals surface area contributed by atoms with Crippen molar-refractivity contribution in [2.75, 3.05) is 6.54 Å². The van der Waals surface area contributed by atoms with Crippen LogP contribution in [0.25, 0.3) is 22.2 Å². The van der Waals surface area contributed by atoms with E-state index in [1.54, 1.807) is 0 Å². The van der Waals surface area contributed by atoms with Gasteiger partial charge in [-0.1, -0.05) is 24.3 Å². The number of nitrogens with zero attached hydrogens (tertiary/aromatic N) is 3. The lowest BCUT2D eigenvalue weighted by Crippen LogP contribution is -2.35. The summed E-state index contributed by atoms with van der Waals surface area (Å²) in [6.07, 6.45) is 1.83. The maximum Gasteiger partial charge on any atom is 0.268 e. The van der Waals surface area contributed by atoms with Gasteiger partial charge >= 0.3 is 0 Å². The first-order valence-electron chi connectivity index (χ1n) is 7.37. The van der Waals surface area contributed by atoms with Crippen molar-refractivity contribution in [2.24, 2.45) is 0 Å². The lowest BCUT2D eigenvalue weighted by molar-refractivity contribution is 0.0929. The predicted octanol–water partition coefficient (Wildman–Crippen LogP) is 2.46. The van der Waals surface area contributed by atoms with Gasteiger partial charge in [0, 0.05) is 30.2 Å². The van der Waals surface area contributed by atoms with Crippen LogP contribution >= 0.6 is 0 Å². The van der Waals surface area contributed by atoms with E-state index in [1.165, 1.54) is 0 Å². The molecule has 5 heteroatoms. The number of carbonyl (C=O) groups is 1. The van der Waals surface area contributed by atoms with Gasteiger partial charge in [-0.2, -0.15) is 0 Å². The Morgan fingerprint density at radius 3 is 2.86 bits per heavy atom. The van der Waals surface area contributed by atoms with Crippen molar-refractivity contribution in [3.63, 3.8) is 0 Å². The summed E-state index contributed by atoms with van der Waals surface area (Å²) in [5.41, 5.74) is 4.67. The summed E-state index contributed by atoms with van der Waals surface area (Å²) in [4.78, 5) is 21.4. The standard InChI is InChI=1S/C17H16N4O/c1-10-5-3-4-6-12(10)14-13-9-19-11(2)20-16(13)21-8-7-18-17(22)15(14)21/h3-6,9H,7-8H2,1-2H3,(H,18,22). The minimum absolute atomic E-state index is 0.0415. The topological polar surface area (TPSA) is 59.8 Å². The first-order chi connectivity index (χ1) is 10.7. The van der Waals surface area contributed by atoms with Gasteiger partial charge in [-0.15, -0.1) is 0 Å². The van der Waals surface area contributed by atoms with Crippen molar-refractivity contribution in [2.45, 2.75) is 20.4 Å². The van der Waals surface area contributed by atoms with E-state index in [-0.39, 0.29) is 5.91 Å². The van der Waals surface area contributed by atoms with E-state index >= 15 is 0 Å². The first-order valence-corrected chi connectivity index (χ1v) is 7.37. The van der Waals surface area contributed by atoms with Gasteiger partial charge in [0.15, 0.2) is 0 Å². The number of carbonyl (C=O) groups excluding carboxylic acids is 1. The molecule has 0 atom stereocenters. The molecule has 22 heavy (non-hydrogen) atoms. The van der Waals surface area contributed by atoms with Crippen LogP contribution in [0.3, 0.4) is 0 Å². The number of hydrogen-bond donors (Lipinski definition) is 1. The number of benzene rings is 1. The monoisotopic (exact) mass is 292 g/mol. The lowest BCUT2D eigenvalue weighted by Gasteiger charge is -2.17. The van der Waals surface area contributed by atoms with Gasteiger partial charge in [0.25, 0.3) is 5.91 Å². The van der Waals surface area contributed by atoms with Crippen LogP contribution in [0.4, 0.5) is 0 Å². The molecule has 0 saturated heterocycles. The maximum absolute atomic E-state index is 12.5. The summed E-state index contributed by atoms with van der Waals surface area (Å²) < 4.78 is 2.02. The highest BCUT2D eigenvalue weighted by Crippen LogP contribution is 2.36. The van der Waals surface area contributed by atoms with Crippen LogP contribution in [0.1, 0.15) is 21.9 Å². The van der Waals surface area contributed by atoms with Gasteiger partial charge in [0.2, 0.25) is 0 Å². The summed E-state index contributed by atoms with van der Waals surface area (Å²) in [6.45, 7) is 5.29. The molecule has 5 nitrogen and oxygen atoms in total. The molecular weight excluding hydrogens is 276 g/mol. The fraction of sp³-hybridized carbons (Fsp3) is 0.235. The molecule has 0 unspecified atom stereocenters. The highest BCUT2D eigenvalue weighted by atomic mass is 16.2. The van der Waals surface area contributed by atoms with Crippen molar-refractivity contribution in [1.29, 1.82) is 0 Å². The zero-order valence-corrected chi connectivity index (χ0v) is 12.6. The summed E-state index contributed by atoms with van der Waals surface area (Å²) in [5, 5.41) is 3.87. The Balaban J connectivity index is 2.16. The normalized spacial score (nSPS) is 14.0. The third-order valence-electron chi connectivity index (χ3n) is 4.17. The number of rotatable bonds is 1. The van der Waals surface area contributed by atoms with Gasteiger partial charge in [-0.05, 0) is 25.0 Å². The van der Waals surface area contributed by atoms with Crippen LogP contribution in [-0.2, 0) is 6.54 Å². The summed E-state index contributed by atoms with van der Waals surface area (Å²) >= 11 is 0. The fourth-order valence-corrected chi connectivity index (χ4v) is 3.15. The molecule has 1 N–H and O–H groups in total. The van der Waals surface area contributed by atoms with E-state index in [0.29, 0.717) is 12.2 Å². The highest BCUT2D eigenvalue weighted by Gasteiger charge is 2.28. The minimum atomic E-state index is -0.0415. The number of aromatic nitrogens is 3. The van der Waals surface area contributed by atoms with Crippen LogP contribution in [0.5, 0.6) is 0 Å². The molecule has 2 aromatic heterocycles. The van der Waals surface area contributed by atoms with Gasteiger partial charge in [-0.3, -0.25) is 4.79 Å². The van der Waals surface area contributed by atoms with Gasteiger partial charge in [-0.25, -0.2) is 9.97 Å². The molecule has 0 radical (unpaired) electrons. The third kappa shape index (κ3) is 1.75. The smallest absolute Gasteiger partial charge is 0.268 e. The number of fused-ring (bicyclic) bond motifs is 3. The Bertz CT molecular complexity index is 910. The second-order valence-electron chi connectivity index (χ2n) is 5.60. The van der Waals surface area contributed by atoms with Crippen molar-refractivity contribution >= 4 is 16.9 Å². The van der Waals surface area contributed by atoms with Gasteiger partial charge < -0.3 is 9.88 Å². The third-order valence-corrected chi connectivity index (χ3v) is 4.17. The Morgan fingerprint density at radius 1 is 1.23 bits per heavy atom. The summed E-state index contributed by atoms with van der Waals surface area (Å²) in [6, 6.07) is 8.10. The Kier molecular flexibility index (Phi) is 2.76. The molecule has 4 rings (SSSR count). The van der Waals surface area contributed by atoms with Crippen molar-refractivity contribution in [3.8, 4) is 11.1 Å². The zero-order valence-electron chi connectivity index (χ0n) is 12.6.